The highest BCUT2D eigenvalue weighted by Crippen LogP contribution is 2.34. The Kier molecular flexibility index (Phi) is 4.88. The molecule has 0 aliphatic carbocycles. The minimum atomic E-state index is -2.25. The number of halogens is 5. The fourth-order valence-corrected chi connectivity index (χ4v) is 2.32. The van der Waals surface area contributed by atoms with Crippen molar-refractivity contribution in [1.82, 2.24) is 0 Å². The van der Waals surface area contributed by atoms with Crippen molar-refractivity contribution in [1.29, 1.82) is 0 Å². The molecule has 0 aromatic heterocycles. The van der Waals surface area contributed by atoms with Crippen molar-refractivity contribution in [3.63, 3.8) is 0 Å². The van der Waals surface area contributed by atoms with E-state index in [4.69, 9.17) is 0 Å². The number of phenolic OH excluding ortho intramolecular Hbond substituents is 1. The molecule has 0 unspecified atom stereocenters. The molecule has 0 saturated heterocycles. The molecule has 0 fully saturated rings. The van der Waals surface area contributed by atoms with E-state index in [0.717, 1.165) is 11.8 Å². The van der Waals surface area contributed by atoms with Crippen molar-refractivity contribution in [2.45, 2.75) is 33.1 Å². The Balaban J connectivity index is 2.61. The summed E-state index contributed by atoms with van der Waals surface area (Å²) in [6.07, 6.45) is 0.871. The Morgan fingerprint density at radius 1 is 0.880 bits per heavy atom. The topological polar surface area (TPSA) is 32.6 Å². The molecule has 2 aromatic carbocycles. The second-order valence-corrected chi connectivity index (χ2v) is 6.68. The maximum absolute atomic E-state index is 13.7. The molecule has 0 radical (unpaired) electrons. The van der Waals surface area contributed by atoms with Crippen molar-refractivity contribution in [3.05, 3.63) is 57.9 Å². The molecule has 0 aliphatic rings. The quantitative estimate of drug-likeness (QED) is 0.330. The molecule has 0 atom stereocenters. The van der Waals surface area contributed by atoms with Crippen LogP contribution >= 0.6 is 0 Å². The van der Waals surface area contributed by atoms with Gasteiger partial charge in [-0.15, -0.1) is 0 Å². The van der Waals surface area contributed by atoms with Crippen LogP contribution in [0.15, 0.2) is 17.1 Å². The minimum absolute atomic E-state index is 0.105. The normalized spacial score (nSPS) is 12.2. The second kappa shape index (κ2) is 6.46. The van der Waals surface area contributed by atoms with Crippen LogP contribution in [0.3, 0.4) is 0 Å². The number of aryl methyl sites for hydroxylation is 1. The monoisotopic (exact) mass is 357 g/mol. The lowest BCUT2D eigenvalue weighted by atomic mass is 9.84. The molecule has 0 heterocycles. The van der Waals surface area contributed by atoms with Crippen LogP contribution in [-0.4, -0.2) is 11.3 Å². The Bertz CT molecular complexity index is 840. The van der Waals surface area contributed by atoms with Gasteiger partial charge >= 0.3 is 0 Å². The minimum Gasteiger partial charge on any atom is -0.507 e. The third-order valence-electron chi connectivity index (χ3n) is 3.61. The van der Waals surface area contributed by atoms with Gasteiger partial charge in [0.05, 0.1) is 0 Å². The van der Waals surface area contributed by atoms with Gasteiger partial charge in [0.2, 0.25) is 5.82 Å². The molecule has 0 aliphatic heterocycles. The molecule has 0 saturated carbocycles. The van der Waals surface area contributed by atoms with Gasteiger partial charge in [-0.05, 0) is 24.0 Å². The lowest BCUT2D eigenvalue weighted by molar-refractivity contribution is 0.381. The molecule has 0 spiro atoms. The van der Waals surface area contributed by atoms with Gasteiger partial charge < -0.3 is 5.11 Å². The van der Waals surface area contributed by atoms with Crippen LogP contribution in [0.2, 0.25) is 0 Å². The first-order valence-electron chi connectivity index (χ1n) is 7.34. The Morgan fingerprint density at radius 2 is 1.36 bits per heavy atom. The Labute approximate surface area is 141 Å². The summed E-state index contributed by atoms with van der Waals surface area (Å²) in [5, 5.41) is 10.3. The highest BCUT2D eigenvalue weighted by atomic mass is 19.2. The van der Waals surface area contributed by atoms with Crippen molar-refractivity contribution in [3.8, 4) is 5.75 Å². The molecule has 2 aromatic rings. The summed E-state index contributed by atoms with van der Waals surface area (Å²) in [6.45, 7) is 7.30. The first-order valence-corrected chi connectivity index (χ1v) is 7.34. The average molecular weight is 357 g/mol. The van der Waals surface area contributed by atoms with E-state index in [9.17, 15) is 27.1 Å². The fraction of sp³-hybridized carbons (Fsp3) is 0.278. The molecule has 0 bridgehead atoms. The SMILES string of the molecule is Cc1cc(C=Nc2c(F)c(F)c(F)c(F)c2F)c(O)c(C(C)(C)C)c1. The predicted molar refractivity (Wildman–Crippen MR) is 85.0 cm³/mol. The van der Waals surface area contributed by atoms with Crippen molar-refractivity contribution in [2.75, 3.05) is 0 Å². The number of benzene rings is 2. The van der Waals surface area contributed by atoms with Gasteiger partial charge in [-0.2, -0.15) is 0 Å². The van der Waals surface area contributed by atoms with Crippen LogP contribution in [0.5, 0.6) is 5.75 Å². The van der Waals surface area contributed by atoms with Crippen LogP contribution in [-0.2, 0) is 5.41 Å². The standard InChI is InChI=1S/C18H16F5NO/c1-8-5-9(17(25)10(6-8)18(2,3)4)7-24-16-14(22)12(20)11(19)13(21)15(16)23/h5-7,25H,1-4H3. The molecular formula is C18H16F5NO. The van der Waals surface area contributed by atoms with E-state index in [1.165, 1.54) is 6.07 Å². The van der Waals surface area contributed by atoms with E-state index in [-0.39, 0.29) is 11.3 Å². The highest BCUT2D eigenvalue weighted by molar-refractivity contribution is 5.86. The molecule has 134 valence electrons. The largest absolute Gasteiger partial charge is 0.507 e. The van der Waals surface area contributed by atoms with E-state index in [2.05, 4.69) is 4.99 Å². The molecular weight excluding hydrogens is 341 g/mol. The fourth-order valence-electron chi connectivity index (χ4n) is 2.32. The van der Waals surface area contributed by atoms with Crippen molar-refractivity contribution < 1.29 is 27.1 Å². The Hall–Kier alpha value is -2.44. The number of hydrogen-bond acceptors (Lipinski definition) is 2. The number of aliphatic imine (C=N–C) groups is 1. The summed E-state index contributed by atoms with van der Waals surface area (Å²) in [6, 6.07) is 3.23. The lowest BCUT2D eigenvalue weighted by Crippen LogP contribution is -2.12. The lowest BCUT2D eigenvalue weighted by Gasteiger charge is -2.22. The van der Waals surface area contributed by atoms with Gasteiger partial charge in [0.25, 0.3) is 0 Å². The highest BCUT2D eigenvalue weighted by Gasteiger charge is 2.25. The first-order chi connectivity index (χ1) is 11.4. The zero-order chi connectivity index (χ0) is 19.1. The van der Waals surface area contributed by atoms with E-state index < -0.39 is 40.2 Å². The van der Waals surface area contributed by atoms with Crippen LogP contribution in [0, 0.1) is 36.0 Å². The number of aromatic hydroxyl groups is 1. The molecule has 25 heavy (non-hydrogen) atoms. The molecule has 2 nitrogen and oxygen atoms in total. The van der Waals surface area contributed by atoms with Gasteiger partial charge in [-0.1, -0.05) is 26.8 Å². The summed E-state index contributed by atoms with van der Waals surface area (Å²) in [5.74, 6) is -10.6. The van der Waals surface area contributed by atoms with Gasteiger partial charge in [0.1, 0.15) is 11.4 Å². The van der Waals surface area contributed by atoms with E-state index in [1.54, 1.807) is 13.0 Å². The van der Waals surface area contributed by atoms with E-state index >= 15 is 0 Å². The number of hydrogen-bond donors (Lipinski definition) is 1. The zero-order valence-electron chi connectivity index (χ0n) is 14.0. The van der Waals surface area contributed by atoms with Crippen LogP contribution < -0.4 is 0 Å². The van der Waals surface area contributed by atoms with Crippen molar-refractivity contribution >= 4 is 11.9 Å². The molecule has 1 N–H and O–H groups in total. The molecule has 2 rings (SSSR count). The summed E-state index contributed by atoms with van der Waals surface area (Å²) >= 11 is 0. The third-order valence-corrected chi connectivity index (χ3v) is 3.61. The Morgan fingerprint density at radius 3 is 1.84 bits per heavy atom. The number of rotatable bonds is 2. The molecule has 0 amide bonds. The summed E-state index contributed by atoms with van der Waals surface area (Å²) in [5.41, 5.74) is -0.333. The van der Waals surface area contributed by atoms with Crippen LogP contribution in [0.1, 0.15) is 37.5 Å². The number of phenols is 1. The van der Waals surface area contributed by atoms with Crippen LogP contribution in [0.4, 0.5) is 27.6 Å². The third kappa shape index (κ3) is 3.50. The summed E-state index contributed by atoms with van der Waals surface area (Å²) in [4.78, 5) is 3.38. The van der Waals surface area contributed by atoms with E-state index in [0.29, 0.717) is 5.56 Å². The predicted octanol–water partition coefficient (Wildman–Crippen LogP) is 5.44. The number of nitrogens with zero attached hydrogens (tertiary/aromatic N) is 1. The summed E-state index contributed by atoms with van der Waals surface area (Å²) in [7, 11) is 0. The zero-order valence-corrected chi connectivity index (χ0v) is 14.0. The smallest absolute Gasteiger partial charge is 0.200 e. The van der Waals surface area contributed by atoms with Crippen molar-refractivity contribution in [2.24, 2.45) is 4.99 Å². The van der Waals surface area contributed by atoms with Gasteiger partial charge in [-0.25, -0.2) is 26.9 Å². The second-order valence-electron chi connectivity index (χ2n) is 6.68. The van der Waals surface area contributed by atoms with Gasteiger partial charge in [-0.3, -0.25) is 0 Å². The van der Waals surface area contributed by atoms with E-state index in [1.807, 2.05) is 20.8 Å². The maximum Gasteiger partial charge on any atom is 0.200 e. The maximum atomic E-state index is 13.7. The summed E-state index contributed by atoms with van der Waals surface area (Å²) < 4.78 is 66.8. The van der Waals surface area contributed by atoms with Gasteiger partial charge in [0.15, 0.2) is 23.3 Å². The first kappa shape index (κ1) is 18.9. The van der Waals surface area contributed by atoms with Gasteiger partial charge in [0, 0.05) is 17.3 Å². The molecule has 7 heteroatoms. The van der Waals surface area contributed by atoms with Crippen LogP contribution in [0.25, 0.3) is 0 Å². The average Bonchev–Trinajstić information content (AvgIpc) is 2.52.